The van der Waals surface area contributed by atoms with Crippen LogP contribution in [0.15, 0.2) is 35.7 Å². The molecule has 5 nitrogen and oxygen atoms in total. The van der Waals surface area contributed by atoms with Crippen molar-refractivity contribution in [1.82, 2.24) is 20.1 Å². The fraction of sp³-hybridized carbons (Fsp3) is 0.400. The molecule has 0 aliphatic rings. The van der Waals surface area contributed by atoms with Gasteiger partial charge in [0.05, 0.1) is 5.75 Å². The average Bonchev–Trinajstić information content (AvgIpc) is 2.93. The van der Waals surface area contributed by atoms with Crippen molar-refractivity contribution in [2.45, 2.75) is 38.5 Å². The quantitative estimate of drug-likeness (QED) is 0.833. The van der Waals surface area contributed by atoms with E-state index in [0.717, 1.165) is 10.7 Å². The molecule has 0 aliphatic carbocycles. The first-order valence-electron chi connectivity index (χ1n) is 6.91. The molecule has 2 aromatic rings. The molecule has 0 saturated carbocycles. The Balaban J connectivity index is 1.79. The molecule has 0 atom stereocenters. The van der Waals surface area contributed by atoms with Crippen molar-refractivity contribution < 1.29 is 4.79 Å². The number of thioether (sulfide) groups is 1. The molecule has 0 saturated heterocycles. The second kappa shape index (κ2) is 7.26. The minimum Gasteiger partial charge on any atom is -0.351 e. The molecule has 0 radical (unpaired) electrons. The number of amides is 1. The number of hydrogen-bond acceptors (Lipinski definition) is 4. The zero-order valence-electron chi connectivity index (χ0n) is 12.5. The number of carbonyl (C=O) groups excluding carboxylic acids is 1. The lowest BCUT2D eigenvalue weighted by molar-refractivity contribution is -0.118. The molecule has 0 fully saturated rings. The van der Waals surface area contributed by atoms with Crippen LogP contribution in [0.25, 0.3) is 0 Å². The predicted molar refractivity (Wildman–Crippen MR) is 84.2 cm³/mol. The lowest BCUT2D eigenvalue weighted by atomic mass is 10.1. The van der Waals surface area contributed by atoms with Crippen LogP contribution < -0.4 is 5.32 Å². The van der Waals surface area contributed by atoms with Gasteiger partial charge in [0.15, 0.2) is 5.16 Å². The number of aryl methyl sites for hydroxylation is 1. The summed E-state index contributed by atoms with van der Waals surface area (Å²) in [4.78, 5) is 11.9. The van der Waals surface area contributed by atoms with E-state index in [4.69, 9.17) is 0 Å². The highest BCUT2D eigenvalue weighted by atomic mass is 32.2. The van der Waals surface area contributed by atoms with Crippen molar-refractivity contribution in [2.24, 2.45) is 0 Å². The second-order valence-electron chi connectivity index (χ2n) is 5.17. The number of hydrogen-bond donors (Lipinski definition) is 1. The zero-order chi connectivity index (χ0) is 15.2. The van der Waals surface area contributed by atoms with Crippen molar-refractivity contribution >= 4 is 17.7 Å². The first-order chi connectivity index (χ1) is 10.1. The highest BCUT2D eigenvalue weighted by Crippen LogP contribution is 2.18. The number of nitrogens with one attached hydrogen (secondary N) is 1. The lowest BCUT2D eigenvalue weighted by Gasteiger charge is -2.09. The summed E-state index contributed by atoms with van der Waals surface area (Å²) in [5, 5.41) is 11.6. The Hall–Kier alpha value is -1.82. The van der Waals surface area contributed by atoms with Gasteiger partial charge in [-0.15, -0.1) is 10.2 Å². The van der Waals surface area contributed by atoms with Crippen molar-refractivity contribution in [2.75, 3.05) is 5.75 Å². The van der Waals surface area contributed by atoms with E-state index in [1.165, 1.54) is 17.3 Å². The molecule has 1 aromatic heterocycles. The van der Waals surface area contributed by atoms with E-state index in [2.05, 4.69) is 29.4 Å². The highest BCUT2D eigenvalue weighted by Gasteiger charge is 2.10. The third kappa shape index (κ3) is 4.60. The van der Waals surface area contributed by atoms with Crippen LogP contribution in [0, 0.1) is 6.92 Å². The lowest BCUT2D eigenvalue weighted by Crippen LogP contribution is -2.24. The van der Waals surface area contributed by atoms with Gasteiger partial charge in [-0.2, -0.15) is 0 Å². The minimum absolute atomic E-state index is 0.00104. The Morgan fingerprint density at radius 3 is 2.71 bits per heavy atom. The van der Waals surface area contributed by atoms with E-state index in [0.29, 0.717) is 12.3 Å². The Labute approximate surface area is 129 Å². The summed E-state index contributed by atoms with van der Waals surface area (Å²) in [6.07, 6.45) is 1.69. The predicted octanol–water partition coefficient (Wildman–Crippen LogP) is 2.58. The molecule has 6 heteroatoms. The SMILES string of the molecule is Cc1ccc(CNC(=O)CSc2nncn2C(C)C)cc1. The standard InChI is InChI=1S/C15H20N4OS/c1-11(2)19-10-17-18-15(19)21-9-14(20)16-8-13-6-4-12(3)5-7-13/h4-7,10-11H,8-9H2,1-3H3,(H,16,20). The monoisotopic (exact) mass is 304 g/mol. The van der Waals surface area contributed by atoms with Crippen LogP contribution in [-0.2, 0) is 11.3 Å². The summed E-state index contributed by atoms with van der Waals surface area (Å²) >= 11 is 1.41. The van der Waals surface area contributed by atoms with Gasteiger partial charge < -0.3 is 9.88 Å². The highest BCUT2D eigenvalue weighted by molar-refractivity contribution is 7.99. The maximum atomic E-state index is 11.9. The number of benzene rings is 1. The van der Waals surface area contributed by atoms with E-state index in [9.17, 15) is 4.79 Å². The molecule has 0 spiro atoms. The molecule has 1 N–H and O–H groups in total. The van der Waals surface area contributed by atoms with Crippen molar-refractivity contribution in [3.8, 4) is 0 Å². The van der Waals surface area contributed by atoms with Crippen molar-refractivity contribution in [3.63, 3.8) is 0 Å². The van der Waals surface area contributed by atoms with E-state index in [1.807, 2.05) is 35.8 Å². The van der Waals surface area contributed by atoms with E-state index in [-0.39, 0.29) is 11.9 Å². The third-order valence-corrected chi connectivity index (χ3v) is 4.00. The molecular formula is C15H20N4OS. The Morgan fingerprint density at radius 1 is 1.33 bits per heavy atom. The average molecular weight is 304 g/mol. The molecular weight excluding hydrogens is 284 g/mol. The van der Waals surface area contributed by atoms with Gasteiger partial charge in [0.2, 0.25) is 5.91 Å². The molecule has 1 amide bonds. The number of aromatic nitrogens is 3. The van der Waals surface area contributed by atoms with Crippen LogP contribution >= 0.6 is 11.8 Å². The van der Waals surface area contributed by atoms with Gasteiger partial charge in [-0.1, -0.05) is 41.6 Å². The molecule has 112 valence electrons. The van der Waals surface area contributed by atoms with Crippen LogP contribution in [-0.4, -0.2) is 26.4 Å². The number of rotatable bonds is 6. The fourth-order valence-electron chi connectivity index (χ4n) is 1.78. The number of carbonyl (C=O) groups is 1. The fourth-order valence-corrected chi connectivity index (χ4v) is 2.65. The second-order valence-corrected chi connectivity index (χ2v) is 6.11. The summed E-state index contributed by atoms with van der Waals surface area (Å²) in [7, 11) is 0. The molecule has 1 aromatic carbocycles. The van der Waals surface area contributed by atoms with Gasteiger partial charge in [0.1, 0.15) is 6.33 Å². The molecule has 0 bridgehead atoms. The third-order valence-electron chi connectivity index (χ3n) is 3.04. The summed E-state index contributed by atoms with van der Waals surface area (Å²) in [6, 6.07) is 8.43. The molecule has 2 rings (SSSR count). The summed E-state index contributed by atoms with van der Waals surface area (Å²) in [6.45, 7) is 6.72. The van der Waals surface area contributed by atoms with Gasteiger partial charge in [0.25, 0.3) is 0 Å². The summed E-state index contributed by atoms with van der Waals surface area (Å²) < 4.78 is 1.96. The van der Waals surface area contributed by atoms with E-state index in [1.54, 1.807) is 6.33 Å². The molecule has 0 aliphatic heterocycles. The van der Waals surface area contributed by atoms with Crippen molar-refractivity contribution in [3.05, 3.63) is 41.7 Å². The first kappa shape index (κ1) is 15.6. The van der Waals surface area contributed by atoms with Crippen LogP contribution in [0.2, 0.25) is 0 Å². The van der Waals surface area contributed by atoms with E-state index >= 15 is 0 Å². The van der Waals surface area contributed by atoms with Crippen molar-refractivity contribution in [1.29, 1.82) is 0 Å². The van der Waals surface area contributed by atoms with Gasteiger partial charge >= 0.3 is 0 Å². The Kier molecular flexibility index (Phi) is 5.38. The topological polar surface area (TPSA) is 59.8 Å². The summed E-state index contributed by atoms with van der Waals surface area (Å²) in [5.41, 5.74) is 2.32. The van der Waals surface area contributed by atoms with Gasteiger partial charge in [-0.25, -0.2) is 0 Å². The largest absolute Gasteiger partial charge is 0.351 e. The van der Waals surface area contributed by atoms with Gasteiger partial charge in [-0.05, 0) is 26.3 Å². The number of nitrogens with zero attached hydrogens (tertiary/aromatic N) is 3. The maximum Gasteiger partial charge on any atom is 0.230 e. The van der Waals surface area contributed by atoms with Crippen LogP contribution in [0.3, 0.4) is 0 Å². The maximum absolute atomic E-state index is 11.9. The first-order valence-corrected chi connectivity index (χ1v) is 7.89. The summed E-state index contributed by atoms with van der Waals surface area (Å²) in [5.74, 6) is 0.343. The minimum atomic E-state index is -0.00104. The van der Waals surface area contributed by atoms with E-state index < -0.39 is 0 Å². The Bertz CT molecular complexity index is 592. The van der Waals surface area contributed by atoms with Crippen LogP contribution in [0.5, 0.6) is 0 Å². The van der Waals surface area contributed by atoms with Gasteiger partial charge in [0, 0.05) is 12.6 Å². The van der Waals surface area contributed by atoms with Crippen LogP contribution in [0.4, 0.5) is 0 Å². The Morgan fingerprint density at radius 2 is 2.05 bits per heavy atom. The van der Waals surface area contributed by atoms with Gasteiger partial charge in [-0.3, -0.25) is 4.79 Å². The normalized spacial score (nSPS) is 10.9. The van der Waals surface area contributed by atoms with Crippen LogP contribution in [0.1, 0.15) is 31.0 Å². The smallest absolute Gasteiger partial charge is 0.230 e. The molecule has 21 heavy (non-hydrogen) atoms. The molecule has 0 unspecified atom stereocenters. The molecule has 1 heterocycles. The zero-order valence-corrected chi connectivity index (χ0v) is 13.4.